The first kappa shape index (κ1) is 23.8. The number of fused-ring (bicyclic) bond motifs is 1. The molecular formula is C25H26ClFN6OS. The Hall–Kier alpha value is -2.91. The van der Waals surface area contributed by atoms with Crippen LogP contribution >= 0.6 is 22.9 Å². The number of imidazole rings is 1. The molecule has 1 amide bonds. The number of carbonyl (C=O) groups is 1. The molecule has 3 atom stereocenters. The number of hydrogen-bond donors (Lipinski definition) is 1. The Balaban J connectivity index is 1.50. The minimum absolute atomic E-state index is 0.00934. The van der Waals surface area contributed by atoms with Gasteiger partial charge in [-0.05, 0) is 49.8 Å². The van der Waals surface area contributed by atoms with E-state index in [-0.39, 0.29) is 23.9 Å². The standard InChI is InChI=1S/C25H26ClFN6OS/c1-14(2)22(27)23-32-19-12-29-18(17-8-3-4-9-28-17)11-20(19)33(23)16-7-5-6-15(10-16)31-24(34)25-30-13-21(26)35-25/h3-4,8-9,11-16,22H,5-7,10H2,1-2H3,(H,31,34)/t15-,16+,22?/m0/s1. The van der Waals surface area contributed by atoms with Gasteiger partial charge in [-0.25, -0.2) is 14.4 Å². The van der Waals surface area contributed by atoms with Crippen LogP contribution in [0.3, 0.4) is 0 Å². The van der Waals surface area contributed by atoms with Gasteiger partial charge in [0.2, 0.25) is 0 Å². The van der Waals surface area contributed by atoms with Crippen LogP contribution in [0, 0.1) is 5.92 Å². The maximum absolute atomic E-state index is 15.5. The highest BCUT2D eigenvalue weighted by molar-refractivity contribution is 7.17. The molecule has 35 heavy (non-hydrogen) atoms. The number of pyridine rings is 2. The van der Waals surface area contributed by atoms with Crippen LogP contribution < -0.4 is 5.32 Å². The summed E-state index contributed by atoms with van der Waals surface area (Å²) >= 11 is 7.10. The second kappa shape index (κ2) is 9.99. The SMILES string of the molecule is CC(C)C(F)c1nc2cnc(-c3ccccn3)cc2n1[C@@H]1CCC[C@H](NC(=O)c2ncc(Cl)s2)C1. The summed E-state index contributed by atoms with van der Waals surface area (Å²) in [6.07, 6.45) is 7.00. The predicted octanol–water partition coefficient (Wildman–Crippen LogP) is 6.18. The summed E-state index contributed by atoms with van der Waals surface area (Å²) in [6.45, 7) is 3.71. The number of rotatable bonds is 6. The fraction of sp³-hybridized carbons (Fsp3) is 0.400. The van der Waals surface area contributed by atoms with E-state index in [1.165, 1.54) is 6.20 Å². The molecule has 4 aromatic heterocycles. The highest BCUT2D eigenvalue weighted by Crippen LogP contribution is 2.38. The van der Waals surface area contributed by atoms with Gasteiger partial charge in [-0.15, -0.1) is 0 Å². The van der Waals surface area contributed by atoms with Crippen molar-refractivity contribution in [2.45, 2.75) is 57.8 Å². The lowest BCUT2D eigenvalue weighted by atomic mass is 9.90. The largest absolute Gasteiger partial charge is 0.347 e. The Bertz CT molecular complexity index is 1340. The van der Waals surface area contributed by atoms with Crippen molar-refractivity contribution in [3.63, 3.8) is 0 Å². The van der Waals surface area contributed by atoms with Crippen LogP contribution in [-0.4, -0.2) is 36.5 Å². The molecule has 7 nitrogen and oxygen atoms in total. The molecule has 4 aromatic rings. The first-order valence-electron chi connectivity index (χ1n) is 11.8. The van der Waals surface area contributed by atoms with Gasteiger partial charge in [-0.2, -0.15) is 0 Å². The average molecular weight is 513 g/mol. The number of amides is 1. The molecule has 1 saturated carbocycles. The van der Waals surface area contributed by atoms with Crippen molar-refractivity contribution in [3.05, 3.63) is 58.0 Å². The topological polar surface area (TPSA) is 85.6 Å². The van der Waals surface area contributed by atoms with Crippen molar-refractivity contribution in [2.75, 3.05) is 0 Å². The molecule has 1 fully saturated rings. The summed E-state index contributed by atoms with van der Waals surface area (Å²) in [6, 6.07) is 7.56. The number of alkyl halides is 1. The molecule has 4 heterocycles. The van der Waals surface area contributed by atoms with Gasteiger partial charge >= 0.3 is 0 Å². The fourth-order valence-corrected chi connectivity index (χ4v) is 5.50. The molecule has 0 saturated heterocycles. The lowest BCUT2D eigenvalue weighted by Gasteiger charge is -2.32. The fourth-order valence-electron chi connectivity index (χ4n) is 4.68. The molecule has 1 aliphatic rings. The maximum atomic E-state index is 15.5. The molecule has 10 heteroatoms. The van der Waals surface area contributed by atoms with E-state index in [1.54, 1.807) is 12.4 Å². The van der Waals surface area contributed by atoms with Crippen molar-refractivity contribution in [3.8, 4) is 11.4 Å². The van der Waals surface area contributed by atoms with E-state index in [0.29, 0.717) is 32.8 Å². The van der Waals surface area contributed by atoms with Gasteiger partial charge in [-0.1, -0.05) is 42.9 Å². The highest BCUT2D eigenvalue weighted by Gasteiger charge is 2.31. The zero-order chi connectivity index (χ0) is 24.5. The maximum Gasteiger partial charge on any atom is 0.280 e. The van der Waals surface area contributed by atoms with Crippen LogP contribution in [0.25, 0.3) is 22.4 Å². The average Bonchev–Trinajstić information content (AvgIpc) is 3.47. The van der Waals surface area contributed by atoms with E-state index in [9.17, 15) is 4.79 Å². The van der Waals surface area contributed by atoms with Crippen LogP contribution in [0.1, 0.15) is 67.4 Å². The van der Waals surface area contributed by atoms with Crippen molar-refractivity contribution in [1.82, 2.24) is 29.8 Å². The first-order valence-corrected chi connectivity index (χ1v) is 13.0. The van der Waals surface area contributed by atoms with Crippen LogP contribution in [0.4, 0.5) is 4.39 Å². The third kappa shape index (κ3) is 4.92. The monoisotopic (exact) mass is 512 g/mol. The highest BCUT2D eigenvalue weighted by atomic mass is 35.5. The van der Waals surface area contributed by atoms with E-state index in [0.717, 1.165) is 41.8 Å². The van der Waals surface area contributed by atoms with Crippen LogP contribution in [-0.2, 0) is 0 Å². The zero-order valence-electron chi connectivity index (χ0n) is 19.5. The molecule has 0 spiro atoms. The van der Waals surface area contributed by atoms with Gasteiger partial charge in [-0.3, -0.25) is 14.8 Å². The molecule has 1 aliphatic carbocycles. The van der Waals surface area contributed by atoms with Crippen LogP contribution in [0.5, 0.6) is 0 Å². The lowest BCUT2D eigenvalue weighted by Crippen LogP contribution is -2.39. The molecular weight excluding hydrogens is 487 g/mol. The number of aromatic nitrogens is 5. The molecule has 1 N–H and O–H groups in total. The van der Waals surface area contributed by atoms with Gasteiger partial charge in [0.15, 0.2) is 11.2 Å². The van der Waals surface area contributed by atoms with Gasteiger partial charge in [0, 0.05) is 18.3 Å². The van der Waals surface area contributed by atoms with E-state index in [4.69, 9.17) is 11.6 Å². The van der Waals surface area contributed by atoms with E-state index in [1.807, 2.05) is 42.7 Å². The summed E-state index contributed by atoms with van der Waals surface area (Å²) < 4.78 is 18.0. The number of carbonyl (C=O) groups excluding carboxylic acids is 1. The first-order chi connectivity index (χ1) is 16.9. The summed E-state index contributed by atoms with van der Waals surface area (Å²) in [5.41, 5.74) is 2.96. The van der Waals surface area contributed by atoms with Crippen molar-refractivity contribution < 1.29 is 9.18 Å². The molecule has 5 rings (SSSR count). The Morgan fingerprint density at radius 2 is 2.06 bits per heavy atom. The summed E-state index contributed by atoms with van der Waals surface area (Å²) in [5, 5.41) is 3.45. The molecule has 0 aliphatic heterocycles. The number of nitrogens with one attached hydrogen (secondary N) is 1. The van der Waals surface area contributed by atoms with E-state index < -0.39 is 6.17 Å². The second-order valence-electron chi connectivity index (χ2n) is 9.22. The predicted molar refractivity (Wildman–Crippen MR) is 135 cm³/mol. The number of hydrogen-bond acceptors (Lipinski definition) is 6. The number of thiazole rings is 1. The molecule has 182 valence electrons. The van der Waals surface area contributed by atoms with Gasteiger partial charge in [0.1, 0.15) is 15.7 Å². The third-order valence-corrected chi connectivity index (χ3v) is 7.49. The van der Waals surface area contributed by atoms with Crippen molar-refractivity contribution >= 4 is 39.9 Å². The molecule has 0 radical (unpaired) electrons. The normalized spacial score (nSPS) is 19.2. The molecule has 0 aromatic carbocycles. The summed E-state index contributed by atoms with van der Waals surface area (Å²) in [4.78, 5) is 30.4. The summed E-state index contributed by atoms with van der Waals surface area (Å²) in [5.74, 6) is -0.0309. The number of halogens is 2. The van der Waals surface area contributed by atoms with Crippen LogP contribution in [0.15, 0.2) is 42.9 Å². The minimum atomic E-state index is -1.21. The smallest absolute Gasteiger partial charge is 0.280 e. The third-order valence-electron chi connectivity index (χ3n) is 6.38. The van der Waals surface area contributed by atoms with E-state index >= 15 is 4.39 Å². The van der Waals surface area contributed by atoms with Gasteiger partial charge in [0.05, 0.1) is 29.3 Å². The quantitative estimate of drug-likeness (QED) is 0.333. The van der Waals surface area contributed by atoms with Gasteiger partial charge < -0.3 is 9.88 Å². The van der Waals surface area contributed by atoms with Crippen molar-refractivity contribution in [2.24, 2.45) is 5.92 Å². The Kier molecular flexibility index (Phi) is 6.80. The zero-order valence-corrected chi connectivity index (χ0v) is 21.1. The lowest BCUT2D eigenvalue weighted by molar-refractivity contribution is 0.0919. The van der Waals surface area contributed by atoms with Gasteiger partial charge in [0.25, 0.3) is 5.91 Å². The summed E-state index contributed by atoms with van der Waals surface area (Å²) in [7, 11) is 0. The Labute approximate surface area is 211 Å². The molecule has 1 unspecified atom stereocenters. The number of nitrogens with zero attached hydrogens (tertiary/aromatic N) is 5. The minimum Gasteiger partial charge on any atom is -0.347 e. The Morgan fingerprint density at radius 1 is 1.20 bits per heavy atom. The van der Waals surface area contributed by atoms with Crippen LogP contribution in [0.2, 0.25) is 4.34 Å². The second-order valence-corrected chi connectivity index (χ2v) is 10.9. The van der Waals surface area contributed by atoms with E-state index in [2.05, 4.69) is 25.3 Å². The Morgan fingerprint density at radius 3 is 2.77 bits per heavy atom. The van der Waals surface area contributed by atoms with Crippen molar-refractivity contribution in [1.29, 1.82) is 0 Å². The molecule has 0 bridgehead atoms.